The molecule has 1 heteroatoms. The van der Waals surface area contributed by atoms with Crippen LogP contribution in [0.2, 0.25) is 0 Å². The van der Waals surface area contributed by atoms with Gasteiger partial charge in [-0.05, 0) is 97.8 Å². The predicted molar refractivity (Wildman–Crippen MR) is 226 cm³/mol. The topological polar surface area (TPSA) is 3.24 Å². The summed E-state index contributed by atoms with van der Waals surface area (Å²) < 4.78 is 0. The minimum atomic E-state index is -0.537. The number of anilines is 3. The van der Waals surface area contributed by atoms with Gasteiger partial charge in [-0.15, -0.1) is 0 Å². The van der Waals surface area contributed by atoms with Crippen LogP contribution < -0.4 is 4.90 Å². The first-order valence-electron chi connectivity index (χ1n) is 18.3. The Morgan fingerprint density at radius 1 is 0.528 bits per heavy atom. The van der Waals surface area contributed by atoms with Crippen molar-refractivity contribution in [2.75, 3.05) is 4.90 Å². The van der Waals surface area contributed by atoms with Crippen molar-refractivity contribution in [2.24, 2.45) is 0 Å². The van der Waals surface area contributed by atoms with E-state index < -0.39 is 5.41 Å². The number of para-hydroxylation sites is 1. The Kier molecular flexibility index (Phi) is 8.18. The fourth-order valence-corrected chi connectivity index (χ4v) is 8.59. The summed E-state index contributed by atoms with van der Waals surface area (Å²) in [6.07, 6.45) is 8.42. The van der Waals surface area contributed by atoms with Gasteiger partial charge in [0.1, 0.15) is 0 Å². The summed E-state index contributed by atoms with van der Waals surface area (Å²) in [4.78, 5) is 2.45. The van der Waals surface area contributed by atoms with Gasteiger partial charge < -0.3 is 4.90 Å². The van der Waals surface area contributed by atoms with E-state index in [0.717, 1.165) is 17.1 Å². The molecule has 1 aliphatic carbocycles. The smallest absolute Gasteiger partial charge is 0.0711 e. The first-order valence-corrected chi connectivity index (χ1v) is 18.3. The van der Waals surface area contributed by atoms with Gasteiger partial charge in [-0.2, -0.15) is 0 Å². The van der Waals surface area contributed by atoms with Crippen molar-refractivity contribution >= 4 is 38.6 Å². The van der Waals surface area contributed by atoms with Crippen LogP contribution in [0.25, 0.3) is 43.8 Å². The van der Waals surface area contributed by atoms with Gasteiger partial charge in [0, 0.05) is 16.9 Å². The van der Waals surface area contributed by atoms with Crippen LogP contribution in [0.3, 0.4) is 0 Å². The minimum Gasteiger partial charge on any atom is -0.310 e. The van der Waals surface area contributed by atoms with Crippen LogP contribution in [-0.2, 0) is 5.41 Å². The molecule has 8 aromatic carbocycles. The van der Waals surface area contributed by atoms with E-state index in [1.807, 2.05) is 6.08 Å². The van der Waals surface area contributed by atoms with Gasteiger partial charge in [-0.3, -0.25) is 0 Å². The molecule has 0 fully saturated rings. The fraction of sp³-hybridized carbons (Fsp3) is 0.0385. The zero-order chi connectivity index (χ0) is 35.8. The second kappa shape index (κ2) is 13.5. The molecule has 0 amide bonds. The summed E-state index contributed by atoms with van der Waals surface area (Å²) in [6, 6.07) is 66.6. The van der Waals surface area contributed by atoms with E-state index >= 15 is 0 Å². The van der Waals surface area contributed by atoms with Crippen LogP contribution in [0.1, 0.15) is 23.6 Å². The summed E-state index contributed by atoms with van der Waals surface area (Å²) >= 11 is 0. The molecule has 0 spiro atoms. The van der Waals surface area contributed by atoms with Crippen molar-refractivity contribution in [2.45, 2.75) is 12.3 Å². The fourth-order valence-electron chi connectivity index (χ4n) is 8.59. The Hall–Kier alpha value is -6.70. The lowest BCUT2D eigenvalue weighted by atomic mass is 9.67. The molecule has 0 N–H and O–H groups in total. The average molecular weight is 678 g/mol. The molecule has 1 unspecified atom stereocenters. The molecule has 0 saturated carbocycles. The van der Waals surface area contributed by atoms with Gasteiger partial charge in [0.05, 0.1) is 11.1 Å². The van der Waals surface area contributed by atoms with E-state index in [0.29, 0.717) is 0 Å². The molecule has 1 aliphatic rings. The Morgan fingerprint density at radius 3 is 1.96 bits per heavy atom. The molecule has 0 heterocycles. The van der Waals surface area contributed by atoms with Crippen molar-refractivity contribution in [1.82, 2.24) is 0 Å². The summed E-state index contributed by atoms with van der Waals surface area (Å²) in [5.74, 6) is 0. The standard InChI is InChI=1S/C52H39N/c1-3-5-21-40(4-2)52(41-22-10-7-11-23-41)49-27-16-14-26-47(49)48-34-32-43(36-50(48)52)53(51-28-17-15-25-46(51)37-18-8-6-9-19-37)42-31-33-45-39(35-42)30-29-38-20-12-13-24-44(38)45/h3-36H,1H2,2H3/b21-5-,40-4+. The van der Waals surface area contributed by atoms with E-state index in [9.17, 15) is 0 Å². The van der Waals surface area contributed by atoms with Gasteiger partial charge >= 0.3 is 0 Å². The summed E-state index contributed by atoms with van der Waals surface area (Å²) in [6.45, 7) is 6.18. The maximum atomic E-state index is 4.03. The maximum absolute atomic E-state index is 4.03. The Bertz CT molecular complexity index is 2700. The maximum Gasteiger partial charge on any atom is 0.0711 e. The number of benzene rings is 8. The monoisotopic (exact) mass is 677 g/mol. The lowest BCUT2D eigenvalue weighted by Gasteiger charge is -2.36. The second-order valence-electron chi connectivity index (χ2n) is 13.6. The van der Waals surface area contributed by atoms with Gasteiger partial charge in [-0.25, -0.2) is 0 Å². The van der Waals surface area contributed by atoms with Crippen molar-refractivity contribution in [3.05, 3.63) is 235 Å². The van der Waals surface area contributed by atoms with Gasteiger partial charge in [0.2, 0.25) is 0 Å². The third kappa shape index (κ3) is 5.24. The highest BCUT2D eigenvalue weighted by molar-refractivity contribution is 6.09. The normalized spacial score (nSPS) is 15.1. The quantitative estimate of drug-likeness (QED) is 0.114. The Balaban J connectivity index is 1.34. The van der Waals surface area contributed by atoms with Crippen LogP contribution >= 0.6 is 0 Å². The SMILES string of the molecule is C=C/C=C\C(=C/C)C1(c2ccccc2)c2ccccc2-c2ccc(N(c3ccc4c(ccc5ccccc54)c3)c3ccccc3-c3ccccc3)cc21. The van der Waals surface area contributed by atoms with Crippen molar-refractivity contribution in [3.8, 4) is 22.3 Å². The summed E-state index contributed by atoms with van der Waals surface area (Å²) in [5, 5.41) is 4.98. The molecule has 8 aromatic rings. The molecule has 0 aliphatic heterocycles. The molecule has 0 saturated heterocycles. The average Bonchev–Trinajstić information content (AvgIpc) is 3.52. The van der Waals surface area contributed by atoms with Gasteiger partial charge in [0.25, 0.3) is 0 Å². The number of allylic oxidation sites excluding steroid dienone is 5. The Morgan fingerprint density at radius 2 is 1.15 bits per heavy atom. The first kappa shape index (κ1) is 32.2. The molecule has 9 rings (SSSR count). The molecular formula is C52H39N. The molecule has 53 heavy (non-hydrogen) atoms. The van der Waals surface area contributed by atoms with Crippen LogP contribution in [0, 0.1) is 0 Å². The zero-order valence-electron chi connectivity index (χ0n) is 29.8. The third-order valence-electron chi connectivity index (χ3n) is 10.9. The summed E-state index contributed by atoms with van der Waals surface area (Å²) in [7, 11) is 0. The molecule has 0 aromatic heterocycles. The van der Waals surface area contributed by atoms with Crippen LogP contribution in [0.4, 0.5) is 17.1 Å². The van der Waals surface area contributed by atoms with Crippen molar-refractivity contribution in [1.29, 1.82) is 0 Å². The van der Waals surface area contributed by atoms with E-state index in [1.165, 1.54) is 66.1 Å². The third-order valence-corrected chi connectivity index (χ3v) is 10.9. The molecule has 1 atom stereocenters. The number of nitrogens with zero attached hydrogens (tertiary/aromatic N) is 1. The highest BCUT2D eigenvalue weighted by Crippen LogP contribution is 2.58. The highest BCUT2D eigenvalue weighted by Gasteiger charge is 2.46. The van der Waals surface area contributed by atoms with Crippen LogP contribution in [0.5, 0.6) is 0 Å². The van der Waals surface area contributed by atoms with E-state index in [4.69, 9.17) is 0 Å². The number of hydrogen-bond donors (Lipinski definition) is 0. The summed E-state index contributed by atoms with van der Waals surface area (Å²) in [5.41, 5.74) is 12.6. The van der Waals surface area contributed by atoms with Crippen LogP contribution in [0.15, 0.2) is 218 Å². The van der Waals surface area contributed by atoms with Gasteiger partial charge in [-0.1, -0.05) is 183 Å². The van der Waals surface area contributed by atoms with E-state index in [2.05, 4.69) is 219 Å². The van der Waals surface area contributed by atoms with Crippen molar-refractivity contribution in [3.63, 3.8) is 0 Å². The molecule has 0 bridgehead atoms. The number of hydrogen-bond acceptors (Lipinski definition) is 1. The number of rotatable bonds is 8. The predicted octanol–water partition coefficient (Wildman–Crippen LogP) is 14.1. The lowest BCUT2D eigenvalue weighted by molar-refractivity contribution is 0.765. The minimum absolute atomic E-state index is 0.537. The largest absolute Gasteiger partial charge is 0.310 e. The van der Waals surface area contributed by atoms with E-state index in [-0.39, 0.29) is 0 Å². The molecular weight excluding hydrogens is 639 g/mol. The highest BCUT2D eigenvalue weighted by atomic mass is 15.1. The van der Waals surface area contributed by atoms with Gasteiger partial charge in [0.15, 0.2) is 0 Å². The molecule has 252 valence electrons. The lowest BCUT2D eigenvalue weighted by Crippen LogP contribution is -2.29. The molecule has 1 nitrogen and oxygen atoms in total. The van der Waals surface area contributed by atoms with Crippen molar-refractivity contribution < 1.29 is 0 Å². The first-order chi connectivity index (χ1) is 26.2. The zero-order valence-corrected chi connectivity index (χ0v) is 29.8. The van der Waals surface area contributed by atoms with E-state index in [1.54, 1.807) is 0 Å². The van der Waals surface area contributed by atoms with Crippen LogP contribution in [-0.4, -0.2) is 0 Å². The molecule has 0 radical (unpaired) electrons. The number of fused-ring (bicyclic) bond motifs is 6. The Labute approximate surface area is 312 Å². The second-order valence-corrected chi connectivity index (χ2v) is 13.6.